The van der Waals surface area contributed by atoms with Gasteiger partial charge in [0.15, 0.2) is 0 Å². The van der Waals surface area contributed by atoms with Gasteiger partial charge in [0.2, 0.25) is 0 Å². The third-order valence-corrected chi connectivity index (χ3v) is 4.73. The van der Waals surface area contributed by atoms with E-state index in [1.807, 2.05) is 0 Å². The minimum absolute atomic E-state index is 0.00506. The summed E-state index contributed by atoms with van der Waals surface area (Å²) in [5, 5.41) is 11.8. The molecule has 7 heteroatoms. The van der Waals surface area contributed by atoms with Gasteiger partial charge in [-0.05, 0) is 37.1 Å². The Morgan fingerprint density at radius 3 is 2.83 bits per heavy atom. The molecule has 1 heterocycles. The summed E-state index contributed by atoms with van der Waals surface area (Å²) in [4.78, 5) is 27.5. The van der Waals surface area contributed by atoms with Gasteiger partial charge in [-0.15, -0.1) is 11.8 Å². The monoisotopic (exact) mass is 348 g/mol. The Labute approximate surface area is 142 Å². The molecule has 0 spiro atoms. The molecule has 0 saturated heterocycles. The Hall–Kier alpha value is -2.15. The van der Waals surface area contributed by atoms with Crippen LogP contribution in [-0.2, 0) is 4.79 Å². The number of pyridine rings is 1. The number of carbonyl (C=O) groups is 2. The van der Waals surface area contributed by atoms with E-state index in [1.165, 1.54) is 23.9 Å². The summed E-state index contributed by atoms with van der Waals surface area (Å²) in [6.45, 7) is 0.356. The summed E-state index contributed by atoms with van der Waals surface area (Å²) in [5.74, 6) is -0.677. The van der Waals surface area contributed by atoms with Gasteiger partial charge >= 0.3 is 5.97 Å². The van der Waals surface area contributed by atoms with Crippen LogP contribution >= 0.6 is 11.8 Å². The second-order valence-electron chi connectivity index (χ2n) is 5.73. The zero-order valence-electron chi connectivity index (χ0n) is 12.9. The van der Waals surface area contributed by atoms with Crippen LogP contribution in [0.5, 0.6) is 0 Å². The van der Waals surface area contributed by atoms with Crippen molar-refractivity contribution in [3.63, 3.8) is 0 Å². The molecule has 1 fully saturated rings. The fourth-order valence-electron chi connectivity index (χ4n) is 2.49. The quantitative estimate of drug-likeness (QED) is 0.752. The van der Waals surface area contributed by atoms with Crippen molar-refractivity contribution in [2.24, 2.45) is 0 Å². The molecule has 1 aromatic heterocycles. The minimum Gasteiger partial charge on any atom is -0.481 e. The molecule has 5 nitrogen and oxygen atoms in total. The average Bonchev–Trinajstić information content (AvgIpc) is 3.38. The van der Waals surface area contributed by atoms with Crippen molar-refractivity contribution in [1.82, 2.24) is 10.3 Å². The van der Waals surface area contributed by atoms with Crippen molar-refractivity contribution in [2.45, 2.75) is 18.8 Å². The number of aliphatic carboxylic acids is 1. The molecule has 1 aromatic carbocycles. The maximum absolute atomic E-state index is 13.6. The number of aromatic nitrogens is 1. The van der Waals surface area contributed by atoms with Crippen molar-refractivity contribution in [1.29, 1.82) is 0 Å². The first kappa shape index (κ1) is 16.7. The van der Waals surface area contributed by atoms with Crippen LogP contribution in [0.15, 0.2) is 24.3 Å². The van der Waals surface area contributed by atoms with Crippen molar-refractivity contribution >= 4 is 34.5 Å². The number of nitrogens with zero attached hydrogens (tertiary/aromatic N) is 1. The number of nitrogens with one attached hydrogen (secondary N) is 1. The predicted molar refractivity (Wildman–Crippen MR) is 91.0 cm³/mol. The topological polar surface area (TPSA) is 79.3 Å². The lowest BCUT2D eigenvalue weighted by molar-refractivity contribution is -0.133. The average molecular weight is 348 g/mol. The maximum Gasteiger partial charge on any atom is 0.313 e. The van der Waals surface area contributed by atoms with Gasteiger partial charge in [0.05, 0.1) is 16.8 Å². The summed E-state index contributed by atoms with van der Waals surface area (Å²) in [5.41, 5.74) is 1.91. The summed E-state index contributed by atoms with van der Waals surface area (Å²) in [7, 11) is 0. The van der Waals surface area contributed by atoms with Crippen LogP contribution in [0.3, 0.4) is 0 Å². The first-order chi connectivity index (χ1) is 11.5. The molecule has 3 rings (SSSR count). The first-order valence-electron chi connectivity index (χ1n) is 7.72. The van der Waals surface area contributed by atoms with Crippen LogP contribution in [0, 0.1) is 5.82 Å². The normalized spacial score (nSPS) is 13.9. The van der Waals surface area contributed by atoms with Gasteiger partial charge < -0.3 is 10.4 Å². The highest BCUT2D eigenvalue weighted by atomic mass is 32.2. The van der Waals surface area contributed by atoms with Gasteiger partial charge in [0.25, 0.3) is 5.91 Å². The Bertz CT molecular complexity index is 793. The molecule has 0 radical (unpaired) electrons. The van der Waals surface area contributed by atoms with Crippen LogP contribution in [-0.4, -0.2) is 40.0 Å². The van der Waals surface area contributed by atoms with Crippen molar-refractivity contribution in [3.05, 3.63) is 41.3 Å². The van der Waals surface area contributed by atoms with Crippen molar-refractivity contribution in [2.75, 3.05) is 18.1 Å². The molecule has 1 aliphatic carbocycles. The highest BCUT2D eigenvalue weighted by Crippen LogP contribution is 2.40. The highest BCUT2D eigenvalue weighted by Gasteiger charge is 2.27. The fourth-order valence-corrected chi connectivity index (χ4v) is 3.05. The molecule has 0 bridgehead atoms. The number of thioether (sulfide) groups is 1. The lowest BCUT2D eigenvalue weighted by atomic mass is 10.1. The number of hydrogen-bond acceptors (Lipinski definition) is 4. The Morgan fingerprint density at radius 2 is 2.12 bits per heavy atom. The number of halogens is 1. The van der Waals surface area contributed by atoms with Crippen LogP contribution in [0.25, 0.3) is 10.9 Å². The molecule has 0 unspecified atom stereocenters. The Kier molecular flexibility index (Phi) is 4.99. The molecule has 2 aromatic rings. The van der Waals surface area contributed by atoms with E-state index in [0.717, 1.165) is 18.5 Å². The number of hydrogen-bond donors (Lipinski definition) is 2. The summed E-state index contributed by atoms with van der Waals surface area (Å²) in [6, 6.07) is 6.01. The van der Waals surface area contributed by atoms with Gasteiger partial charge in [0, 0.05) is 29.3 Å². The molecular formula is C17H17FN2O3S. The number of fused-ring (bicyclic) bond motifs is 1. The predicted octanol–water partition coefficient (Wildman–Crippen LogP) is 2.80. The largest absolute Gasteiger partial charge is 0.481 e. The van der Waals surface area contributed by atoms with Crippen LogP contribution < -0.4 is 5.32 Å². The molecule has 24 heavy (non-hydrogen) atoms. The number of carboxylic acid groups (broad SMARTS) is 1. The Morgan fingerprint density at radius 1 is 1.33 bits per heavy atom. The van der Waals surface area contributed by atoms with Crippen LogP contribution in [0.2, 0.25) is 0 Å². The lowest BCUT2D eigenvalue weighted by Crippen LogP contribution is -2.26. The van der Waals surface area contributed by atoms with Crippen molar-refractivity contribution in [3.8, 4) is 0 Å². The molecule has 126 valence electrons. The number of rotatable bonds is 7. The van der Waals surface area contributed by atoms with E-state index in [-0.39, 0.29) is 11.7 Å². The van der Waals surface area contributed by atoms with Crippen LogP contribution in [0.1, 0.15) is 34.8 Å². The van der Waals surface area contributed by atoms with E-state index in [2.05, 4.69) is 10.3 Å². The fraction of sp³-hybridized carbons (Fsp3) is 0.353. The zero-order chi connectivity index (χ0) is 17.1. The van der Waals surface area contributed by atoms with E-state index in [1.54, 1.807) is 12.1 Å². The van der Waals surface area contributed by atoms with E-state index < -0.39 is 11.8 Å². The van der Waals surface area contributed by atoms with Crippen LogP contribution in [0.4, 0.5) is 4.39 Å². The van der Waals surface area contributed by atoms with E-state index in [4.69, 9.17) is 5.11 Å². The summed E-state index contributed by atoms with van der Waals surface area (Å²) in [6.07, 6.45) is 2.12. The van der Waals surface area contributed by atoms with Crippen molar-refractivity contribution < 1.29 is 19.1 Å². The molecule has 2 N–H and O–H groups in total. The SMILES string of the molecule is O=C(O)CSCCNC(=O)c1cc(C2CC2)nc2ccc(F)cc12. The number of amides is 1. The molecule has 1 amide bonds. The minimum atomic E-state index is -0.879. The number of carboxylic acids is 1. The van der Waals surface area contributed by atoms with Gasteiger partial charge in [0.1, 0.15) is 5.82 Å². The molecule has 1 aliphatic rings. The first-order valence-corrected chi connectivity index (χ1v) is 8.88. The van der Waals surface area contributed by atoms with Gasteiger partial charge in [-0.1, -0.05) is 0 Å². The van der Waals surface area contributed by atoms with Gasteiger partial charge in [-0.25, -0.2) is 4.39 Å². The van der Waals surface area contributed by atoms with Gasteiger partial charge in [-0.2, -0.15) is 0 Å². The second-order valence-corrected chi connectivity index (χ2v) is 6.84. The molecule has 1 saturated carbocycles. The van der Waals surface area contributed by atoms with E-state index >= 15 is 0 Å². The molecular weight excluding hydrogens is 331 g/mol. The standard InChI is InChI=1S/C17H17FN2O3S/c18-11-3-4-14-12(7-11)13(8-15(20-14)10-1-2-10)17(23)19-5-6-24-9-16(21)22/h3-4,7-8,10H,1-2,5-6,9H2,(H,19,23)(H,21,22). The highest BCUT2D eigenvalue weighted by molar-refractivity contribution is 7.99. The third kappa shape index (κ3) is 4.03. The molecule has 0 aliphatic heterocycles. The maximum atomic E-state index is 13.6. The van der Waals surface area contributed by atoms with E-state index in [0.29, 0.717) is 34.7 Å². The smallest absolute Gasteiger partial charge is 0.313 e. The lowest BCUT2D eigenvalue weighted by Gasteiger charge is -2.10. The Balaban J connectivity index is 1.77. The van der Waals surface area contributed by atoms with E-state index in [9.17, 15) is 14.0 Å². The summed E-state index contributed by atoms with van der Waals surface area (Å²) < 4.78 is 13.6. The molecule has 0 atom stereocenters. The van der Waals surface area contributed by atoms with Gasteiger partial charge in [-0.3, -0.25) is 14.6 Å². The zero-order valence-corrected chi connectivity index (χ0v) is 13.7. The summed E-state index contributed by atoms with van der Waals surface area (Å²) >= 11 is 1.24. The number of benzene rings is 1. The second kappa shape index (κ2) is 7.17. The third-order valence-electron chi connectivity index (χ3n) is 3.79. The number of carbonyl (C=O) groups excluding carboxylic acids is 1.